The standard InChI is InChI=1S/C28H36O14/c1-12-25(35)42-19-9-17(10-37-13(2)29)7-8-18(39-14(3)30)26(6)21(24(28(12,19)36)41-16(5)32)27(11-38-27)23(34)20(22(26)33)40-15(4)31/h7-9,12,18-24,33-34,36H,10-11H2,1-6H3/b8-7+,17-9+/t12-,18-,19-,20+,21+,22-,23+,24?,26+,27-,28+/m0/s1. The summed E-state index contributed by atoms with van der Waals surface area (Å²) in [6.45, 7) is 6.71. The topological polar surface area (TPSA) is 205 Å². The first-order chi connectivity index (χ1) is 19.5. The van der Waals surface area contributed by atoms with E-state index in [2.05, 4.69) is 0 Å². The number of hydrogen-bond acceptors (Lipinski definition) is 14. The van der Waals surface area contributed by atoms with Crippen molar-refractivity contribution < 1.29 is 67.7 Å². The molecule has 1 unspecified atom stereocenters. The SMILES string of the molecule is CC(=O)OCC1=C/[C@@H]2OC(=O)[C@H](C)[C@]2(O)C(OC(C)=O)[C@H]2[C@@]3(CO3)[C@H](O)[C@H](OC(C)=O)[C@H](O)[C@]2(C)[C@@H](OC(C)=O)\C=C\1. The number of hydrogen-bond donors (Lipinski definition) is 3. The van der Waals surface area contributed by atoms with Gasteiger partial charge in [0.15, 0.2) is 17.8 Å². The summed E-state index contributed by atoms with van der Waals surface area (Å²) in [6, 6.07) is 0. The van der Waals surface area contributed by atoms with Gasteiger partial charge in [-0.05, 0) is 24.6 Å². The molecule has 1 saturated carbocycles. The second-order valence-corrected chi connectivity index (χ2v) is 11.5. The summed E-state index contributed by atoms with van der Waals surface area (Å²) in [5.74, 6) is -6.69. The second-order valence-electron chi connectivity index (χ2n) is 11.5. The van der Waals surface area contributed by atoms with Crippen LogP contribution >= 0.6 is 0 Å². The first-order valence-corrected chi connectivity index (χ1v) is 13.5. The summed E-state index contributed by atoms with van der Waals surface area (Å²) in [6.07, 6.45) is -5.59. The molecule has 3 N–H and O–H groups in total. The zero-order valence-electron chi connectivity index (χ0n) is 24.1. The van der Waals surface area contributed by atoms with Gasteiger partial charge < -0.3 is 43.7 Å². The van der Waals surface area contributed by atoms with Crippen molar-refractivity contribution in [3.05, 3.63) is 23.8 Å². The minimum atomic E-state index is -2.34. The fourth-order valence-corrected chi connectivity index (χ4v) is 6.62. The van der Waals surface area contributed by atoms with Crippen LogP contribution in [0.15, 0.2) is 23.8 Å². The molecule has 0 aromatic rings. The zero-order valence-corrected chi connectivity index (χ0v) is 24.1. The number of fused-ring (bicyclic) bond motifs is 3. The number of rotatable bonds is 5. The van der Waals surface area contributed by atoms with E-state index in [1.807, 2.05) is 0 Å². The molecule has 1 spiro atoms. The third kappa shape index (κ3) is 5.10. The molecular weight excluding hydrogens is 560 g/mol. The molecule has 0 aromatic carbocycles. The highest BCUT2D eigenvalue weighted by Crippen LogP contribution is 2.61. The van der Waals surface area contributed by atoms with Gasteiger partial charge in [-0.25, -0.2) is 0 Å². The molecule has 4 aliphatic rings. The van der Waals surface area contributed by atoms with Gasteiger partial charge in [-0.15, -0.1) is 0 Å². The highest BCUT2D eigenvalue weighted by molar-refractivity contribution is 5.78. The van der Waals surface area contributed by atoms with Crippen LogP contribution in [0.1, 0.15) is 41.5 Å². The molecule has 2 aliphatic heterocycles. The quantitative estimate of drug-likeness (QED) is 0.203. The van der Waals surface area contributed by atoms with Crippen LogP contribution in [0.3, 0.4) is 0 Å². The molecule has 14 nitrogen and oxygen atoms in total. The third-order valence-electron chi connectivity index (χ3n) is 8.73. The Kier molecular flexibility index (Phi) is 8.32. The molecule has 0 radical (unpaired) electrons. The first kappa shape index (κ1) is 31.6. The molecule has 2 saturated heterocycles. The summed E-state index contributed by atoms with van der Waals surface area (Å²) >= 11 is 0. The molecule has 2 aliphatic carbocycles. The predicted molar refractivity (Wildman–Crippen MR) is 137 cm³/mol. The van der Waals surface area contributed by atoms with Gasteiger partial charge >= 0.3 is 29.8 Å². The lowest BCUT2D eigenvalue weighted by molar-refractivity contribution is -0.273. The molecule has 42 heavy (non-hydrogen) atoms. The van der Waals surface area contributed by atoms with Gasteiger partial charge in [0.1, 0.15) is 36.6 Å². The average Bonchev–Trinajstić information content (AvgIpc) is 3.65. The van der Waals surface area contributed by atoms with Crippen LogP contribution in [-0.4, -0.2) is 106 Å². The lowest BCUT2D eigenvalue weighted by Crippen LogP contribution is -2.75. The number of esters is 5. The van der Waals surface area contributed by atoms with Crippen LogP contribution in [-0.2, 0) is 52.4 Å². The van der Waals surface area contributed by atoms with E-state index in [1.54, 1.807) is 0 Å². The molecule has 14 heteroatoms. The van der Waals surface area contributed by atoms with E-state index in [0.29, 0.717) is 0 Å². The largest absolute Gasteiger partial charge is 0.461 e. The molecule has 0 amide bonds. The van der Waals surface area contributed by atoms with Crippen LogP contribution in [0.4, 0.5) is 0 Å². The highest BCUT2D eigenvalue weighted by Gasteiger charge is 2.79. The van der Waals surface area contributed by atoms with Crippen molar-refractivity contribution in [1.29, 1.82) is 0 Å². The van der Waals surface area contributed by atoms with Crippen LogP contribution < -0.4 is 0 Å². The number of epoxide rings is 1. The van der Waals surface area contributed by atoms with E-state index in [9.17, 15) is 39.3 Å². The Labute approximate surface area is 241 Å². The fourth-order valence-electron chi connectivity index (χ4n) is 6.62. The van der Waals surface area contributed by atoms with Crippen LogP contribution in [0.2, 0.25) is 0 Å². The van der Waals surface area contributed by atoms with Gasteiger partial charge in [-0.1, -0.05) is 13.0 Å². The van der Waals surface area contributed by atoms with Crippen LogP contribution in [0, 0.1) is 17.3 Å². The average molecular weight is 597 g/mol. The van der Waals surface area contributed by atoms with E-state index < -0.39 is 94.9 Å². The molecular formula is C28H36O14. The Balaban J connectivity index is 2.05. The number of aliphatic hydroxyl groups is 3. The van der Waals surface area contributed by atoms with Gasteiger partial charge in [0.2, 0.25) is 0 Å². The third-order valence-corrected chi connectivity index (χ3v) is 8.73. The van der Waals surface area contributed by atoms with Crippen molar-refractivity contribution >= 4 is 29.8 Å². The lowest BCUT2D eigenvalue weighted by atomic mass is 9.51. The maximum Gasteiger partial charge on any atom is 0.312 e. The number of aliphatic hydroxyl groups excluding tert-OH is 2. The summed E-state index contributed by atoms with van der Waals surface area (Å²) in [7, 11) is 0. The van der Waals surface area contributed by atoms with Crippen molar-refractivity contribution in [3.8, 4) is 0 Å². The first-order valence-electron chi connectivity index (χ1n) is 13.5. The molecule has 0 bridgehead atoms. The van der Waals surface area contributed by atoms with Crippen molar-refractivity contribution in [2.24, 2.45) is 17.3 Å². The van der Waals surface area contributed by atoms with Crippen LogP contribution in [0.5, 0.6) is 0 Å². The smallest absolute Gasteiger partial charge is 0.312 e. The molecule has 2 heterocycles. The zero-order chi connectivity index (χ0) is 31.4. The van der Waals surface area contributed by atoms with Crippen LogP contribution in [0.25, 0.3) is 0 Å². The van der Waals surface area contributed by atoms with E-state index in [-0.39, 0.29) is 18.8 Å². The number of carbonyl (C=O) groups is 5. The van der Waals surface area contributed by atoms with Gasteiger partial charge in [0.25, 0.3) is 0 Å². The van der Waals surface area contributed by atoms with E-state index in [1.165, 1.54) is 39.0 Å². The second kappa shape index (κ2) is 11.1. The molecule has 11 atom stereocenters. The Morgan fingerprint density at radius 2 is 1.57 bits per heavy atom. The fraction of sp³-hybridized carbons (Fsp3) is 0.679. The van der Waals surface area contributed by atoms with Gasteiger partial charge in [0.05, 0.1) is 12.5 Å². The lowest BCUT2D eigenvalue weighted by Gasteiger charge is -2.58. The highest BCUT2D eigenvalue weighted by atomic mass is 16.6. The normalized spacial score (nSPS) is 44.3. The summed E-state index contributed by atoms with van der Waals surface area (Å²) < 4.78 is 33.2. The molecule has 4 rings (SSSR count). The van der Waals surface area contributed by atoms with Crippen molar-refractivity contribution in [2.75, 3.05) is 13.2 Å². The maximum absolute atomic E-state index is 13.0. The van der Waals surface area contributed by atoms with Crippen molar-refractivity contribution in [1.82, 2.24) is 0 Å². The van der Waals surface area contributed by atoms with Gasteiger partial charge in [-0.3, -0.25) is 24.0 Å². The molecule has 0 aromatic heterocycles. The molecule has 232 valence electrons. The minimum Gasteiger partial charge on any atom is -0.461 e. The summed E-state index contributed by atoms with van der Waals surface area (Å²) in [5.41, 5.74) is -5.66. The summed E-state index contributed by atoms with van der Waals surface area (Å²) in [4.78, 5) is 61.6. The minimum absolute atomic E-state index is 0.190. The van der Waals surface area contributed by atoms with Gasteiger partial charge in [-0.2, -0.15) is 0 Å². The predicted octanol–water partition coefficient (Wildman–Crippen LogP) is -0.740. The Morgan fingerprint density at radius 3 is 2.10 bits per heavy atom. The van der Waals surface area contributed by atoms with E-state index in [0.717, 1.165) is 20.8 Å². The monoisotopic (exact) mass is 596 g/mol. The van der Waals surface area contributed by atoms with Crippen molar-refractivity contribution in [2.45, 2.75) is 89.4 Å². The summed E-state index contributed by atoms with van der Waals surface area (Å²) in [5, 5.41) is 35.8. The number of carbonyl (C=O) groups excluding carboxylic acids is 5. The Morgan fingerprint density at radius 1 is 0.976 bits per heavy atom. The van der Waals surface area contributed by atoms with Gasteiger partial charge in [0, 0.05) is 39.0 Å². The van der Waals surface area contributed by atoms with E-state index >= 15 is 0 Å². The maximum atomic E-state index is 13.0. The Hall–Kier alpha value is -3.33. The number of ether oxygens (including phenoxy) is 6. The Bertz CT molecular complexity index is 1220. The molecule has 3 fully saturated rings. The van der Waals surface area contributed by atoms with E-state index in [4.69, 9.17) is 28.4 Å². The van der Waals surface area contributed by atoms with Crippen molar-refractivity contribution in [3.63, 3.8) is 0 Å².